The third-order valence-corrected chi connectivity index (χ3v) is 16.3. The van der Waals surface area contributed by atoms with Crippen LogP contribution in [0.4, 0.5) is 11.4 Å². The second kappa shape index (κ2) is 20.2. The van der Waals surface area contributed by atoms with Crippen molar-refractivity contribution in [2.24, 2.45) is 5.92 Å². The molecule has 2 atom stereocenters. The van der Waals surface area contributed by atoms with Crippen LogP contribution in [0, 0.1) is 5.92 Å². The summed E-state index contributed by atoms with van der Waals surface area (Å²) >= 11 is 0. The van der Waals surface area contributed by atoms with Crippen molar-refractivity contribution >= 4 is 46.1 Å². The molecule has 7 aromatic carbocycles. The molecule has 10 nitrogen and oxygen atoms in total. The summed E-state index contributed by atoms with van der Waals surface area (Å²) in [5, 5.41) is 1.01. The van der Waals surface area contributed by atoms with Crippen LogP contribution in [0.25, 0.3) is 11.1 Å². The molecule has 2 unspecified atom stereocenters. The molecule has 2 heterocycles. The first-order valence-electron chi connectivity index (χ1n) is 28.2. The van der Waals surface area contributed by atoms with Gasteiger partial charge in [-0.1, -0.05) is 165 Å². The van der Waals surface area contributed by atoms with Crippen LogP contribution in [0.1, 0.15) is 123 Å². The van der Waals surface area contributed by atoms with Crippen molar-refractivity contribution in [3.05, 3.63) is 265 Å². The fourth-order valence-electron chi connectivity index (χ4n) is 12.7. The van der Waals surface area contributed by atoms with Crippen molar-refractivity contribution in [3.8, 4) is 28.7 Å². The Bertz CT molecular complexity index is 4130. The average Bonchev–Trinajstić information content (AvgIpc) is 0.806. The lowest BCUT2D eigenvalue weighted by Crippen LogP contribution is -2.54. The minimum Gasteiger partial charge on any atom is -0.457 e. The van der Waals surface area contributed by atoms with Crippen LogP contribution in [0.5, 0.6) is 28.7 Å². The number of ether oxygens (including phenoxy) is 4. The number of para-hydroxylation sites is 6. The number of nitrogens with zero attached hydrogens (tertiary/aromatic N) is 2. The minimum absolute atomic E-state index is 0.0456. The molecule has 6 aliphatic rings. The Morgan fingerprint density at radius 3 is 1.39 bits per heavy atom. The summed E-state index contributed by atoms with van der Waals surface area (Å²) in [5.74, 6) is -1.07. The van der Waals surface area contributed by atoms with E-state index in [1.54, 1.807) is 18.2 Å². The Kier molecular flexibility index (Phi) is 12.8. The van der Waals surface area contributed by atoms with Crippen molar-refractivity contribution in [3.63, 3.8) is 0 Å². The monoisotopic (exact) mass is 1080 g/mol. The lowest BCUT2D eigenvalue weighted by Gasteiger charge is -2.45. The van der Waals surface area contributed by atoms with Gasteiger partial charge < -0.3 is 18.9 Å². The highest BCUT2D eigenvalue weighted by Gasteiger charge is 2.54. The van der Waals surface area contributed by atoms with Crippen molar-refractivity contribution in [2.75, 3.05) is 9.80 Å². The fraction of sp³-hybridized carbons (Fsp3) is 0.194. The van der Waals surface area contributed by atoms with E-state index in [0.717, 1.165) is 22.3 Å². The number of fused-ring (bicyclic) bond motifs is 1. The molecule has 0 spiro atoms. The highest BCUT2D eigenvalue weighted by Crippen LogP contribution is 2.56. The molecule has 2 aliphatic heterocycles. The maximum Gasteiger partial charge on any atom is 0.265 e. The predicted octanol–water partition coefficient (Wildman–Crippen LogP) is 14.3. The first-order chi connectivity index (χ1) is 39.7. The van der Waals surface area contributed by atoms with Crippen LogP contribution in [0.2, 0.25) is 0 Å². The van der Waals surface area contributed by atoms with E-state index in [1.165, 1.54) is 9.80 Å². The largest absolute Gasteiger partial charge is 0.457 e. The van der Waals surface area contributed by atoms with Gasteiger partial charge in [0.15, 0.2) is 0 Å². The summed E-state index contributed by atoms with van der Waals surface area (Å²) < 4.78 is 28.7. The Hall–Kier alpha value is -9.54. The summed E-state index contributed by atoms with van der Waals surface area (Å²) in [6.07, 6.45) is 5.34. The Balaban J connectivity index is 1.21. The topological polar surface area (TPSA) is 112 Å². The number of benzene rings is 7. The highest BCUT2D eigenvalue weighted by molar-refractivity contribution is 6.33. The molecule has 0 bridgehead atoms. The van der Waals surface area contributed by atoms with Gasteiger partial charge in [-0.25, -0.2) is 9.80 Å². The molecule has 0 fully saturated rings. The molecule has 0 radical (unpaired) electrons. The maximum atomic E-state index is 16.1. The molecule has 4 amide bonds. The molecule has 7 aromatic rings. The number of rotatable bonds is 14. The molecular formula is C72H60N2O8. The molecular weight excluding hydrogens is 1020 g/mol. The molecule has 0 aromatic heterocycles. The highest BCUT2D eigenvalue weighted by atomic mass is 16.5. The molecule has 13 rings (SSSR count). The zero-order valence-electron chi connectivity index (χ0n) is 46.9. The van der Waals surface area contributed by atoms with E-state index in [0.29, 0.717) is 89.9 Å². The zero-order chi connectivity index (χ0) is 56.8. The number of anilines is 2. The van der Waals surface area contributed by atoms with Crippen LogP contribution < -0.4 is 39.2 Å². The van der Waals surface area contributed by atoms with Gasteiger partial charge in [-0.3, -0.25) is 19.2 Å². The number of carbonyl (C=O) groups is 4. The number of carbonyl (C=O) groups excluding carboxylic acids is 4. The van der Waals surface area contributed by atoms with Gasteiger partial charge in [0.25, 0.3) is 17.7 Å². The number of amides is 4. The van der Waals surface area contributed by atoms with Gasteiger partial charge in [0, 0.05) is 49.8 Å². The van der Waals surface area contributed by atoms with Crippen LogP contribution in [-0.2, 0) is 14.4 Å². The molecule has 0 saturated heterocycles. The average molecular weight is 1080 g/mol. The van der Waals surface area contributed by atoms with Gasteiger partial charge in [-0.15, -0.1) is 0 Å². The molecule has 4 aliphatic carbocycles. The van der Waals surface area contributed by atoms with Gasteiger partial charge in [-0.2, -0.15) is 0 Å². The van der Waals surface area contributed by atoms with Crippen LogP contribution in [0.15, 0.2) is 222 Å². The van der Waals surface area contributed by atoms with Crippen LogP contribution >= 0.6 is 0 Å². The van der Waals surface area contributed by atoms with E-state index in [1.807, 2.05) is 164 Å². The van der Waals surface area contributed by atoms with Crippen molar-refractivity contribution < 1.29 is 38.1 Å². The van der Waals surface area contributed by atoms with Crippen molar-refractivity contribution in [1.82, 2.24) is 0 Å². The minimum atomic E-state index is -1.07. The van der Waals surface area contributed by atoms with Crippen LogP contribution in [0.3, 0.4) is 0 Å². The molecule has 82 heavy (non-hydrogen) atoms. The first-order valence-corrected chi connectivity index (χ1v) is 28.2. The predicted molar refractivity (Wildman–Crippen MR) is 318 cm³/mol. The quantitative estimate of drug-likeness (QED) is 0.0990. The Morgan fingerprint density at radius 1 is 0.427 bits per heavy atom. The van der Waals surface area contributed by atoms with E-state index in [4.69, 9.17) is 18.9 Å². The number of allylic oxidation sites excluding steroid dienone is 3. The molecule has 0 N–H and O–H groups in total. The van der Waals surface area contributed by atoms with E-state index >= 15 is 19.2 Å². The third kappa shape index (κ3) is 8.29. The van der Waals surface area contributed by atoms with E-state index in [9.17, 15) is 0 Å². The standard InChI is InChI=1S/C72H60N2O8/c1-39(2)47-31-21-32-48(40(3)4)67(47)73-69(75)51-35-55(79-43-23-13-9-14-24-43)61-63-57(81-45-27-17-11-18-28-45)37-53-60-54(72(78)74(71(53)77)68-49(41(5)6)33-22-34-50(68)42(7)8)38-58(82-46-29-19-12-20-30-46)64(66(60)63)62-56(80-44-25-15-10-16-26-44)36-52(70(73)76)59(51)65(61)62/h9-42,51,66H,1-8H3. The zero-order valence-corrected chi connectivity index (χ0v) is 46.9. The van der Waals surface area contributed by atoms with E-state index in [2.05, 4.69) is 55.4 Å². The lowest BCUT2D eigenvalue weighted by atomic mass is 9.63. The Labute approximate surface area is 476 Å². The number of imide groups is 2. The summed E-state index contributed by atoms with van der Waals surface area (Å²) in [7, 11) is 0. The number of hydrogen-bond donors (Lipinski definition) is 0. The molecule has 10 heteroatoms. The van der Waals surface area contributed by atoms with Gasteiger partial charge >= 0.3 is 0 Å². The first kappa shape index (κ1) is 51.9. The smallest absolute Gasteiger partial charge is 0.265 e. The normalized spacial score (nSPS) is 17.8. The maximum absolute atomic E-state index is 16.1. The van der Waals surface area contributed by atoms with E-state index in [-0.39, 0.29) is 46.1 Å². The van der Waals surface area contributed by atoms with Gasteiger partial charge in [0.1, 0.15) is 46.0 Å². The van der Waals surface area contributed by atoms with Gasteiger partial charge in [0.2, 0.25) is 5.91 Å². The Morgan fingerprint density at radius 2 is 0.890 bits per heavy atom. The number of hydrogen-bond acceptors (Lipinski definition) is 8. The summed E-state index contributed by atoms with van der Waals surface area (Å²) in [6.45, 7) is 16.5. The SMILES string of the molecule is CC(C)c1cccc(C(C)C)c1N1C(=O)C2=CC(Oc3ccccc3)=C3C4=c5c6c(cc(Oc7ccccc7)c5=C5C(Oc7ccccc7)=CC(=C2C35)C1=O)C(=O)N(c1c(C(C)C)cccc1C(C)C)C(=O)C6C=C4Oc1ccccc1. The summed E-state index contributed by atoms with van der Waals surface area (Å²) in [5.41, 5.74) is 7.84. The van der Waals surface area contributed by atoms with Gasteiger partial charge in [-0.05, 0) is 130 Å². The lowest BCUT2D eigenvalue weighted by molar-refractivity contribution is -0.123. The third-order valence-electron chi connectivity index (χ3n) is 16.3. The van der Waals surface area contributed by atoms with Crippen molar-refractivity contribution in [2.45, 2.75) is 85.0 Å². The van der Waals surface area contributed by atoms with E-state index < -0.39 is 35.5 Å². The molecule has 0 saturated carbocycles. The van der Waals surface area contributed by atoms with Gasteiger partial charge in [0.05, 0.1) is 17.3 Å². The second-order valence-electron chi connectivity index (χ2n) is 22.8. The fourth-order valence-corrected chi connectivity index (χ4v) is 12.7. The van der Waals surface area contributed by atoms with Crippen LogP contribution in [-0.4, -0.2) is 23.6 Å². The second-order valence-corrected chi connectivity index (χ2v) is 22.8. The summed E-state index contributed by atoms with van der Waals surface area (Å²) in [6, 6.07) is 51.1. The summed E-state index contributed by atoms with van der Waals surface area (Å²) in [4.78, 5) is 67.2. The molecule has 406 valence electrons. The van der Waals surface area contributed by atoms with Crippen molar-refractivity contribution in [1.29, 1.82) is 0 Å².